The molecule has 0 saturated carbocycles. The Kier molecular flexibility index (Phi) is 5.82. The van der Waals surface area contributed by atoms with E-state index in [9.17, 15) is 22.4 Å². The maximum atomic E-state index is 13.9. The van der Waals surface area contributed by atoms with E-state index in [0.29, 0.717) is 10.7 Å². The minimum absolute atomic E-state index is 0.0787. The van der Waals surface area contributed by atoms with Crippen molar-refractivity contribution in [1.29, 1.82) is 0 Å². The van der Waals surface area contributed by atoms with E-state index in [-0.39, 0.29) is 22.3 Å². The number of hydrogen-bond acceptors (Lipinski definition) is 4. The Morgan fingerprint density at radius 2 is 1.69 bits per heavy atom. The van der Waals surface area contributed by atoms with Crippen molar-refractivity contribution in [2.45, 2.75) is 16.3 Å². The number of fused-ring (bicyclic) bond motifs is 1. The standard InChI is InChI=1S/C23H16ClFN2O4S/c24-15-6-9-17(10-7-15)26-22(28)14-27-13-21(32(30,31)18-4-2-1-3-5-18)23(29)19-12-16(25)8-11-20(19)27/h1-13H,14H2,(H,26,28). The zero-order valence-electron chi connectivity index (χ0n) is 16.5. The van der Waals surface area contributed by atoms with Crippen molar-refractivity contribution in [2.24, 2.45) is 0 Å². The molecule has 0 spiro atoms. The van der Waals surface area contributed by atoms with Crippen LogP contribution < -0.4 is 10.7 Å². The Morgan fingerprint density at radius 3 is 2.38 bits per heavy atom. The summed E-state index contributed by atoms with van der Waals surface area (Å²) in [6.07, 6.45) is 1.12. The van der Waals surface area contributed by atoms with Crippen LogP contribution in [0.1, 0.15) is 0 Å². The maximum Gasteiger partial charge on any atom is 0.244 e. The molecular formula is C23H16ClFN2O4S. The van der Waals surface area contributed by atoms with Crippen LogP contribution in [0, 0.1) is 5.82 Å². The molecule has 1 heterocycles. The molecule has 0 unspecified atom stereocenters. The summed E-state index contributed by atoms with van der Waals surface area (Å²) in [4.78, 5) is 25.0. The van der Waals surface area contributed by atoms with Crippen molar-refractivity contribution in [3.8, 4) is 0 Å². The quantitative estimate of drug-likeness (QED) is 0.472. The third-order valence-corrected chi connectivity index (χ3v) is 6.81. The molecule has 9 heteroatoms. The van der Waals surface area contributed by atoms with Crippen molar-refractivity contribution in [2.75, 3.05) is 5.32 Å². The van der Waals surface area contributed by atoms with Gasteiger partial charge in [-0.25, -0.2) is 12.8 Å². The summed E-state index contributed by atoms with van der Waals surface area (Å²) >= 11 is 5.85. The second-order valence-electron chi connectivity index (χ2n) is 6.98. The van der Waals surface area contributed by atoms with Crippen molar-refractivity contribution in [1.82, 2.24) is 4.57 Å². The van der Waals surface area contributed by atoms with E-state index in [0.717, 1.165) is 18.3 Å². The first-order chi connectivity index (χ1) is 15.3. The summed E-state index contributed by atoms with van der Waals surface area (Å²) in [5.41, 5.74) is -0.111. The SMILES string of the molecule is O=C(Cn1cc(S(=O)(=O)c2ccccc2)c(=O)c2cc(F)ccc21)Nc1ccc(Cl)cc1. The Labute approximate surface area is 187 Å². The molecular weight excluding hydrogens is 455 g/mol. The van der Waals surface area contributed by atoms with Gasteiger partial charge in [0.25, 0.3) is 0 Å². The molecule has 0 aliphatic carbocycles. The molecule has 0 aliphatic heterocycles. The average Bonchev–Trinajstić information content (AvgIpc) is 2.77. The molecule has 32 heavy (non-hydrogen) atoms. The monoisotopic (exact) mass is 470 g/mol. The van der Waals surface area contributed by atoms with E-state index < -0.39 is 31.9 Å². The third kappa shape index (κ3) is 4.28. The normalized spacial score (nSPS) is 11.4. The lowest BCUT2D eigenvalue weighted by molar-refractivity contribution is -0.116. The minimum Gasteiger partial charge on any atom is -0.336 e. The van der Waals surface area contributed by atoms with Crippen molar-refractivity contribution in [3.63, 3.8) is 0 Å². The van der Waals surface area contributed by atoms with Crippen molar-refractivity contribution in [3.05, 3.63) is 100 Å². The zero-order valence-corrected chi connectivity index (χ0v) is 18.0. The Morgan fingerprint density at radius 1 is 1.00 bits per heavy atom. The predicted molar refractivity (Wildman–Crippen MR) is 120 cm³/mol. The Bertz CT molecular complexity index is 1480. The summed E-state index contributed by atoms with van der Waals surface area (Å²) in [5, 5.41) is 3.05. The molecule has 0 radical (unpaired) electrons. The molecule has 0 saturated heterocycles. The molecule has 3 aromatic carbocycles. The van der Waals surface area contributed by atoms with Crippen LogP contribution in [-0.4, -0.2) is 18.9 Å². The number of anilines is 1. The second kappa shape index (κ2) is 8.57. The highest BCUT2D eigenvalue weighted by atomic mass is 35.5. The zero-order chi connectivity index (χ0) is 22.9. The number of pyridine rings is 1. The van der Waals surface area contributed by atoms with Gasteiger partial charge in [0.15, 0.2) is 0 Å². The molecule has 4 aromatic rings. The number of sulfone groups is 1. The van der Waals surface area contributed by atoms with Gasteiger partial charge in [0.2, 0.25) is 21.2 Å². The van der Waals surface area contributed by atoms with Crippen LogP contribution >= 0.6 is 11.6 Å². The van der Waals surface area contributed by atoms with Gasteiger partial charge in [-0.05, 0) is 54.6 Å². The number of halogens is 2. The van der Waals surface area contributed by atoms with Crippen molar-refractivity contribution >= 4 is 43.9 Å². The summed E-state index contributed by atoms with van der Waals surface area (Å²) in [6.45, 7) is -0.303. The van der Waals surface area contributed by atoms with E-state index in [4.69, 9.17) is 11.6 Å². The van der Waals surface area contributed by atoms with Gasteiger partial charge < -0.3 is 9.88 Å². The topological polar surface area (TPSA) is 85.2 Å². The fourth-order valence-corrected chi connectivity index (χ4v) is 4.80. The molecule has 0 aliphatic rings. The molecule has 4 rings (SSSR count). The van der Waals surface area contributed by atoms with E-state index in [1.807, 2.05) is 0 Å². The second-order valence-corrected chi connectivity index (χ2v) is 9.34. The van der Waals surface area contributed by atoms with Crippen molar-refractivity contribution < 1.29 is 17.6 Å². The highest BCUT2D eigenvalue weighted by Gasteiger charge is 2.24. The number of hydrogen-bond donors (Lipinski definition) is 1. The first-order valence-electron chi connectivity index (χ1n) is 9.44. The summed E-state index contributed by atoms with van der Waals surface area (Å²) in [7, 11) is -4.20. The lowest BCUT2D eigenvalue weighted by atomic mass is 10.2. The van der Waals surface area contributed by atoms with Crippen LogP contribution in [0.4, 0.5) is 10.1 Å². The first kappa shape index (κ1) is 21.7. The number of amides is 1. The van der Waals surface area contributed by atoms with Gasteiger partial charge in [0.05, 0.1) is 10.4 Å². The Hall–Kier alpha value is -3.49. The smallest absolute Gasteiger partial charge is 0.244 e. The van der Waals surface area contributed by atoms with E-state index >= 15 is 0 Å². The highest BCUT2D eigenvalue weighted by Crippen LogP contribution is 2.22. The van der Waals surface area contributed by atoms with Gasteiger partial charge >= 0.3 is 0 Å². The lowest BCUT2D eigenvalue weighted by Gasteiger charge is -2.14. The van der Waals surface area contributed by atoms with Gasteiger partial charge in [0, 0.05) is 22.3 Å². The number of benzene rings is 3. The van der Waals surface area contributed by atoms with Crippen LogP contribution in [0.3, 0.4) is 0 Å². The van der Waals surface area contributed by atoms with Gasteiger partial charge in [-0.2, -0.15) is 0 Å². The van der Waals surface area contributed by atoms with E-state index in [1.165, 1.54) is 34.9 Å². The largest absolute Gasteiger partial charge is 0.336 e. The van der Waals surface area contributed by atoms with Crippen LogP contribution in [0.5, 0.6) is 0 Å². The minimum atomic E-state index is -4.20. The number of carbonyl (C=O) groups excluding carboxylic acids is 1. The highest BCUT2D eigenvalue weighted by molar-refractivity contribution is 7.91. The lowest BCUT2D eigenvalue weighted by Crippen LogP contribution is -2.24. The van der Waals surface area contributed by atoms with Crippen LogP contribution in [-0.2, 0) is 21.2 Å². The number of aromatic nitrogens is 1. The summed E-state index contributed by atoms with van der Waals surface area (Å²) in [6, 6.07) is 17.3. The number of carbonyl (C=O) groups is 1. The molecule has 0 bridgehead atoms. The molecule has 0 fully saturated rings. The molecule has 0 atom stereocenters. The van der Waals surface area contributed by atoms with Gasteiger partial charge in [-0.3, -0.25) is 9.59 Å². The van der Waals surface area contributed by atoms with Crippen LogP contribution in [0.2, 0.25) is 5.02 Å². The average molecular weight is 471 g/mol. The van der Waals surface area contributed by atoms with Gasteiger partial charge in [-0.15, -0.1) is 0 Å². The molecule has 1 amide bonds. The van der Waals surface area contributed by atoms with Gasteiger partial charge in [-0.1, -0.05) is 29.8 Å². The fraction of sp³-hybridized carbons (Fsp3) is 0.0435. The molecule has 162 valence electrons. The van der Waals surface area contributed by atoms with Crippen LogP contribution in [0.15, 0.2) is 93.6 Å². The molecule has 1 aromatic heterocycles. The predicted octanol–water partition coefficient (Wildman–Crippen LogP) is 4.27. The molecule has 6 nitrogen and oxygen atoms in total. The first-order valence-corrected chi connectivity index (χ1v) is 11.3. The summed E-state index contributed by atoms with van der Waals surface area (Å²) in [5.74, 6) is -1.16. The van der Waals surface area contributed by atoms with Crippen LogP contribution in [0.25, 0.3) is 10.9 Å². The van der Waals surface area contributed by atoms with Gasteiger partial charge in [0.1, 0.15) is 17.3 Å². The summed E-state index contributed by atoms with van der Waals surface area (Å²) < 4.78 is 41.5. The number of rotatable bonds is 5. The Balaban J connectivity index is 1.81. The molecule has 1 N–H and O–H groups in total. The maximum absolute atomic E-state index is 13.9. The third-order valence-electron chi connectivity index (χ3n) is 4.79. The number of nitrogens with one attached hydrogen (secondary N) is 1. The number of nitrogens with zero attached hydrogens (tertiary/aromatic N) is 1. The van der Waals surface area contributed by atoms with E-state index in [1.54, 1.807) is 30.3 Å². The van der Waals surface area contributed by atoms with E-state index in [2.05, 4.69) is 5.32 Å². The fourth-order valence-electron chi connectivity index (χ4n) is 3.28.